The Morgan fingerprint density at radius 3 is 2.68 bits per heavy atom. The van der Waals surface area contributed by atoms with Crippen LogP contribution in [0.4, 0.5) is 4.39 Å². The van der Waals surface area contributed by atoms with E-state index in [0.717, 1.165) is 22.6 Å². The van der Waals surface area contributed by atoms with Crippen molar-refractivity contribution < 1.29 is 23.5 Å². The minimum atomic E-state index is -0.355. The van der Waals surface area contributed by atoms with Gasteiger partial charge >= 0.3 is 0 Å². The molecule has 9 nitrogen and oxygen atoms in total. The van der Waals surface area contributed by atoms with Crippen LogP contribution in [0.1, 0.15) is 33.7 Å². The van der Waals surface area contributed by atoms with E-state index < -0.39 is 0 Å². The van der Waals surface area contributed by atoms with E-state index >= 15 is 0 Å². The molecule has 4 rings (SSSR count). The average Bonchev–Trinajstić information content (AvgIpc) is 3.21. The molecule has 2 aromatic carbocycles. The van der Waals surface area contributed by atoms with Crippen LogP contribution in [-0.2, 0) is 11.3 Å². The van der Waals surface area contributed by atoms with E-state index in [0.29, 0.717) is 43.1 Å². The maximum atomic E-state index is 14.3. The van der Waals surface area contributed by atoms with Gasteiger partial charge < -0.3 is 20.1 Å². The number of hydrogen-bond acceptors (Lipinski definition) is 6. The van der Waals surface area contributed by atoms with Gasteiger partial charge in [0.15, 0.2) is 0 Å². The highest BCUT2D eigenvalue weighted by Gasteiger charge is 2.18. The summed E-state index contributed by atoms with van der Waals surface area (Å²) in [5.41, 5.74) is 3.68. The molecule has 0 spiro atoms. The van der Waals surface area contributed by atoms with Gasteiger partial charge in [0.25, 0.3) is 5.91 Å². The number of amides is 2. The maximum Gasteiger partial charge on any atom is 0.255 e. The van der Waals surface area contributed by atoms with Crippen LogP contribution in [0.2, 0.25) is 0 Å². The van der Waals surface area contributed by atoms with E-state index in [1.54, 1.807) is 36.1 Å². The van der Waals surface area contributed by atoms with Crippen molar-refractivity contribution in [2.45, 2.75) is 26.8 Å². The lowest BCUT2D eigenvalue weighted by molar-refractivity contribution is -0.122. The Kier molecular flexibility index (Phi) is 8.39. The zero-order valence-corrected chi connectivity index (χ0v) is 21.3. The van der Waals surface area contributed by atoms with Gasteiger partial charge in [0.1, 0.15) is 23.9 Å². The maximum absolute atomic E-state index is 14.3. The molecule has 1 aliphatic heterocycles. The Morgan fingerprint density at radius 2 is 1.92 bits per heavy atom. The molecule has 1 aromatic heterocycles. The summed E-state index contributed by atoms with van der Waals surface area (Å²) < 4.78 is 27.1. The quantitative estimate of drug-likeness (QED) is 0.562. The van der Waals surface area contributed by atoms with E-state index in [1.165, 1.54) is 12.1 Å². The third-order valence-corrected chi connectivity index (χ3v) is 6.09. The molecule has 0 fully saturated rings. The monoisotopic (exact) mass is 509 g/mol. The predicted octanol–water partition coefficient (Wildman–Crippen LogP) is 2.77. The SMILES string of the molecule is COc1ccc2c(c1)OCCNC(=O)CN(Cc1cc(F)ccc1-n1nc(C)cc1C)CCCNC2=O. The summed E-state index contributed by atoms with van der Waals surface area (Å²) in [6.45, 7) is 5.68. The van der Waals surface area contributed by atoms with Crippen molar-refractivity contribution in [2.75, 3.05) is 39.9 Å². The molecule has 0 saturated heterocycles. The standard InChI is InChI=1S/C27H32FN5O4/c1-18-13-19(2)33(31-18)24-8-5-21(28)14-20(24)16-32-11-4-9-30-27(35)23-7-6-22(36-3)15-25(23)37-12-10-29-26(34)17-32/h5-8,13-15H,4,9-12,16-17H2,1-3H3,(H,29,34)(H,30,35). The number of nitrogens with one attached hydrogen (secondary N) is 2. The minimum absolute atomic E-state index is 0.116. The highest BCUT2D eigenvalue weighted by Crippen LogP contribution is 2.25. The number of rotatable bonds is 4. The Balaban J connectivity index is 1.52. The number of ether oxygens (including phenoxy) is 2. The van der Waals surface area contributed by atoms with Crippen LogP contribution in [0.5, 0.6) is 11.5 Å². The van der Waals surface area contributed by atoms with Gasteiger partial charge in [-0.3, -0.25) is 14.5 Å². The van der Waals surface area contributed by atoms with Crippen molar-refractivity contribution in [1.82, 2.24) is 25.3 Å². The van der Waals surface area contributed by atoms with E-state index in [9.17, 15) is 14.0 Å². The first kappa shape index (κ1) is 26.2. The molecule has 0 unspecified atom stereocenters. The van der Waals surface area contributed by atoms with Gasteiger partial charge in [0.05, 0.1) is 37.1 Å². The van der Waals surface area contributed by atoms with Crippen LogP contribution in [0.3, 0.4) is 0 Å². The number of aryl methyl sites for hydroxylation is 2. The Labute approximate surface area is 215 Å². The van der Waals surface area contributed by atoms with Crippen molar-refractivity contribution >= 4 is 11.8 Å². The van der Waals surface area contributed by atoms with Gasteiger partial charge in [-0.1, -0.05) is 0 Å². The first-order valence-electron chi connectivity index (χ1n) is 12.2. The summed E-state index contributed by atoms with van der Waals surface area (Å²) in [6.07, 6.45) is 0.593. The van der Waals surface area contributed by atoms with Crippen molar-refractivity contribution in [3.63, 3.8) is 0 Å². The zero-order chi connectivity index (χ0) is 26.4. The normalized spacial score (nSPS) is 15.7. The van der Waals surface area contributed by atoms with Crippen LogP contribution < -0.4 is 20.1 Å². The molecule has 0 atom stereocenters. The average molecular weight is 510 g/mol. The Bertz CT molecular complexity index is 1280. The second-order valence-electron chi connectivity index (χ2n) is 8.99. The lowest BCUT2D eigenvalue weighted by atomic mass is 10.1. The topological polar surface area (TPSA) is 97.7 Å². The third-order valence-electron chi connectivity index (χ3n) is 6.09. The molecule has 3 aromatic rings. The van der Waals surface area contributed by atoms with Gasteiger partial charge in [-0.05, 0) is 62.2 Å². The Morgan fingerprint density at radius 1 is 1.08 bits per heavy atom. The van der Waals surface area contributed by atoms with Crippen LogP contribution in [0.25, 0.3) is 5.69 Å². The number of nitrogens with zero attached hydrogens (tertiary/aromatic N) is 3. The molecule has 2 amide bonds. The van der Waals surface area contributed by atoms with E-state index in [2.05, 4.69) is 15.7 Å². The molecule has 1 aliphatic rings. The van der Waals surface area contributed by atoms with Crippen molar-refractivity contribution in [3.05, 3.63) is 70.8 Å². The van der Waals surface area contributed by atoms with E-state index in [-0.39, 0.29) is 37.3 Å². The first-order valence-corrected chi connectivity index (χ1v) is 12.2. The lowest BCUT2D eigenvalue weighted by Crippen LogP contribution is -2.40. The summed E-state index contributed by atoms with van der Waals surface area (Å²) in [7, 11) is 1.54. The molecule has 0 bridgehead atoms. The molecule has 2 N–H and O–H groups in total. The van der Waals surface area contributed by atoms with Crippen molar-refractivity contribution in [3.8, 4) is 17.2 Å². The van der Waals surface area contributed by atoms with Crippen LogP contribution >= 0.6 is 0 Å². The second-order valence-corrected chi connectivity index (χ2v) is 8.99. The fourth-order valence-electron chi connectivity index (χ4n) is 4.36. The summed E-state index contributed by atoms with van der Waals surface area (Å²) in [5, 5.41) is 10.3. The molecular weight excluding hydrogens is 477 g/mol. The highest BCUT2D eigenvalue weighted by atomic mass is 19.1. The fraction of sp³-hybridized carbons (Fsp3) is 0.370. The molecule has 0 radical (unpaired) electrons. The first-order chi connectivity index (χ1) is 17.8. The zero-order valence-electron chi connectivity index (χ0n) is 21.3. The molecule has 10 heteroatoms. The number of methoxy groups -OCH3 is 1. The van der Waals surface area contributed by atoms with Crippen molar-refractivity contribution in [2.24, 2.45) is 0 Å². The largest absolute Gasteiger partial charge is 0.497 e. The van der Waals surface area contributed by atoms with E-state index in [1.807, 2.05) is 24.8 Å². The molecule has 196 valence electrons. The summed E-state index contributed by atoms with van der Waals surface area (Å²) in [5.74, 6) is 0.200. The Hall–Kier alpha value is -3.92. The number of carbonyl (C=O) groups excluding carboxylic acids is 2. The number of carbonyl (C=O) groups is 2. The summed E-state index contributed by atoms with van der Waals surface area (Å²) in [4.78, 5) is 27.5. The van der Waals surface area contributed by atoms with Gasteiger partial charge in [-0.15, -0.1) is 0 Å². The number of hydrogen-bond donors (Lipinski definition) is 2. The number of fused-ring (bicyclic) bond motifs is 1. The third kappa shape index (κ3) is 6.65. The van der Waals surface area contributed by atoms with E-state index in [4.69, 9.17) is 9.47 Å². The van der Waals surface area contributed by atoms with Gasteiger partial charge in [-0.2, -0.15) is 5.10 Å². The molecule has 0 aliphatic carbocycles. The van der Waals surface area contributed by atoms with Gasteiger partial charge in [0, 0.05) is 31.4 Å². The van der Waals surface area contributed by atoms with Crippen LogP contribution in [0.15, 0.2) is 42.5 Å². The van der Waals surface area contributed by atoms with Crippen LogP contribution in [0, 0.1) is 19.7 Å². The number of aromatic nitrogens is 2. The second kappa shape index (κ2) is 11.9. The smallest absolute Gasteiger partial charge is 0.255 e. The number of benzene rings is 2. The van der Waals surface area contributed by atoms with Gasteiger partial charge in [0.2, 0.25) is 5.91 Å². The van der Waals surface area contributed by atoms with Crippen LogP contribution in [-0.4, -0.2) is 66.4 Å². The van der Waals surface area contributed by atoms with Gasteiger partial charge in [-0.25, -0.2) is 9.07 Å². The van der Waals surface area contributed by atoms with Crippen molar-refractivity contribution in [1.29, 1.82) is 0 Å². The minimum Gasteiger partial charge on any atom is -0.497 e. The fourth-order valence-corrected chi connectivity index (χ4v) is 4.36. The molecular formula is C27H32FN5O4. The number of halogens is 1. The predicted molar refractivity (Wildman–Crippen MR) is 137 cm³/mol. The summed E-state index contributed by atoms with van der Waals surface area (Å²) >= 11 is 0. The lowest BCUT2D eigenvalue weighted by Gasteiger charge is -2.24. The summed E-state index contributed by atoms with van der Waals surface area (Å²) in [6, 6.07) is 11.6. The highest BCUT2D eigenvalue weighted by molar-refractivity contribution is 5.97. The molecule has 0 saturated carbocycles. The molecule has 37 heavy (non-hydrogen) atoms. The molecule has 2 heterocycles.